The fraction of sp³-hybridized carbons (Fsp3) is 0.917. The van der Waals surface area contributed by atoms with E-state index in [-0.39, 0.29) is 12.0 Å². The summed E-state index contributed by atoms with van der Waals surface area (Å²) in [5, 5.41) is 0. The average Bonchev–Trinajstić information content (AvgIpc) is 2.16. The Morgan fingerprint density at radius 3 is 2.75 bits per heavy atom. The number of carbonyl (C=O) groups excluding carboxylic acids is 1. The van der Waals surface area contributed by atoms with E-state index in [1.165, 1.54) is 0 Å². The van der Waals surface area contributed by atoms with E-state index < -0.39 is 0 Å². The number of piperidine rings is 1. The molecule has 0 spiro atoms. The van der Waals surface area contributed by atoms with E-state index in [4.69, 9.17) is 10.5 Å². The van der Waals surface area contributed by atoms with Gasteiger partial charge in [-0.2, -0.15) is 0 Å². The number of hydrogen-bond acceptors (Lipinski definition) is 4. The fourth-order valence-corrected chi connectivity index (χ4v) is 2.31. The lowest BCUT2D eigenvalue weighted by molar-refractivity contribution is -0.144. The number of nitrogens with zero attached hydrogens (tertiary/aromatic N) is 1. The summed E-state index contributed by atoms with van der Waals surface area (Å²) in [5.74, 6) is 0.260. The van der Waals surface area contributed by atoms with Crippen LogP contribution >= 0.6 is 0 Å². The SMILES string of the molecule is CCOC(=O)CC1CC(N)CN(C(C)C)C1. The molecule has 0 aliphatic carbocycles. The van der Waals surface area contributed by atoms with Gasteiger partial charge in [-0.3, -0.25) is 9.69 Å². The van der Waals surface area contributed by atoms with Crippen molar-refractivity contribution in [1.29, 1.82) is 0 Å². The summed E-state index contributed by atoms with van der Waals surface area (Å²) < 4.78 is 4.98. The van der Waals surface area contributed by atoms with Crippen molar-refractivity contribution in [2.75, 3.05) is 19.7 Å². The van der Waals surface area contributed by atoms with Gasteiger partial charge >= 0.3 is 5.97 Å². The molecule has 2 unspecified atom stereocenters. The minimum atomic E-state index is -0.0923. The van der Waals surface area contributed by atoms with E-state index in [2.05, 4.69) is 18.7 Å². The number of ether oxygens (including phenoxy) is 1. The number of carbonyl (C=O) groups is 1. The number of nitrogens with two attached hydrogens (primary N) is 1. The minimum absolute atomic E-state index is 0.0923. The molecule has 94 valence electrons. The molecule has 1 rings (SSSR count). The second-order valence-electron chi connectivity index (χ2n) is 4.92. The predicted octanol–water partition coefficient (Wildman–Crippen LogP) is 0.997. The zero-order chi connectivity index (χ0) is 12.1. The molecular formula is C12H24N2O2. The number of rotatable bonds is 4. The Morgan fingerprint density at radius 2 is 2.19 bits per heavy atom. The van der Waals surface area contributed by atoms with Crippen molar-refractivity contribution >= 4 is 5.97 Å². The molecule has 4 heteroatoms. The lowest BCUT2D eigenvalue weighted by Crippen LogP contribution is -2.50. The van der Waals surface area contributed by atoms with Crippen LogP contribution in [-0.2, 0) is 9.53 Å². The van der Waals surface area contributed by atoms with Gasteiger partial charge < -0.3 is 10.5 Å². The van der Waals surface area contributed by atoms with Crippen molar-refractivity contribution in [3.8, 4) is 0 Å². The quantitative estimate of drug-likeness (QED) is 0.729. The van der Waals surface area contributed by atoms with Crippen LogP contribution in [0.25, 0.3) is 0 Å². The third kappa shape index (κ3) is 4.10. The van der Waals surface area contributed by atoms with E-state index >= 15 is 0 Å². The molecule has 1 heterocycles. The Kier molecular flexibility index (Phi) is 5.22. The van der Waals surface area contributed by atoms with Crippen molar-refractivity contribution in [2.45, 2.75) is 45.7 Å². The lowest BCUT2D eigenvalue weighted by atomic mass is 9.91. The van der Waals surface area contributed by atoms with Gasteiger partial charge in [0.05, 0.1) is 6.61 Å². The summed E-state index contributed by atoms with van der Waals surface area (Å²) in [4.78, 5) is 13.8. The summed E-state index contributed by atoms with van der Waals surface area (Å²) in [6.45, 7) is 8.54. The second kappa shape index (κ2) is 6.21. The lowest BCUT2D eigenvalue weighted by Gasteiger charge is -2.38. The van der Waals surface area contributed by atoms with Crippen molar-refractivity contribution in [1.82, 2.24) is 4.90 Å². The normalized spacial score (nSPS) is 27.1. The Hall–Kier alpha value is -0.610. The highest BCUT2D eigenvalue weighted by Gasteiger charge is 2.28. The van der Waals surface area contributed by atoms with Gasteiger partial charge in [-0.1, -0.05) is 0 Å². The van der Waals surface area contributed by atoms with Crippen LogP contribution in [0.4, 0.5) is 0 Å². The molecule has 1 saturated heterocycles. The third-order valence-corrected chi connectivity index (χ3v) is 3.09. The molecule has 0 bridgehead atoms. The van der Waals surface area contributed by atoms with Crippen LogP contribution in [0.3, 0.4) is 0 Å². The molecule has 0 saturated carbocycles. The standard InChI is InChI=1S/C12H24N2O2/c1-4-16-12(15)6-10-5-11(13)8-14(7-10)9(2)3/h9-11H,4-8,13H2,1-3H3. The first kappa shape index (κ1) is 13.5. The van der Waals surface area contributed by atoms with Gasteiger partial charge in [0.15, 0.2) is 0 Å². The van der Waals surface area contributed by atoms with Crippen LogP contribution in [0.15, 0.2) is 0 Å². The molecule has 0 aromatic rings. The Labute approximate surface area is 98.1 Å². The first-order valence-corrected chi connectivity index (χ1v) is 6.18. The molecule has 2 atom stereocenters. The summed E-state index contributed by atoms with van der Waals surface area (Å²) in [6, 6.07) is 0.687. The van der Waals surface area contributed by atoms with Crippen LogP contribution in [0.1, 0.15) is 33.6 Å². The van der Waals surface area contributed by atoms with Gasteiger partial charge in [-0.15, -0.1) is 0 Å². The van der Waals surface area contributed by atoms with Gasteiger partial charge in [0.25, 0.3) is 0 Å². The highest BCUT2D eigenvalue weighted by molar-refractivity contribution is 5.69. The molecule has 0 amide bonds. The molecular weight excluding hydrogens is 204 g/mol. The van der Waals surface area contributed by atoms with Gasteiger partial charge in [-0.25, -0.2) is 0 Å². The molecule has 0 aromatic heterocycles. The summed E-state index contributed by atoms with van der Waals surface area (Å²) in [6.07, 6.45) is 1.44. The topological polar surface area (TPSA) is 55.6 Å². The van der Waals surface area contributed by atoms with E-state index in [0.717, 1.165) is 19.5 Å². The zero-order valence-electron chi connectivity index (χ0n) is 10.6. The highest BCUT2D eigenvalue weighted by Crippen LogP contribution is 2.21. The zero-order valence-corrected chi connectivity index (χ0v) is 10.6. The molecule has 16 heavy (non-hydrogen) atoms. The van der Waals surface area contributed by atoms with E-state index in [0.29, 0.717) is 25.0 Å². The molecule has 2 N–H and O–H groups in total. The van der Waals surface area contributed by atoms with Crippen LogP contribution in [0.2, 0.25) is 0 Å². The Balaban J connectivity index is 2.44. The van der Waals surface area contributed by atoms with Crippen molar-refractivity contribution < 1.29 is 9.53 Å². The first-order chi connectivity index (χ1) is 7.52. The maximum Gasteiger partial charge on any atom is 0.306 e. The first-order valence-electron chi connectivity index (χ1n) is 6.18. The minimum Gasteiger partial charge on any atom is -0.466 e. The maximum absolute atomic E-state index is 11.4. The van der Waals surface area contributed by atoms with E-state index in [9.17, 15) is 4.79 Å². The number of esters is 1. The van der Waals surface area contributed by atoms with Crippen LogP contribution in [0.5, 0.6) is 0 Å². The second-order valence-corrected chi connectivity index (χ2v) is 4.92. The van der Waals surface area contributed by atoms with Crippen molar-refractivity contribution in [3.63, 3.8) is 0 Å². The maximum atomic E-state index is 11.4. The molecule has 1 aliphatic heterocycles. The van der Waals surface area contributed by atoms with Gasteiger partial charge in [-0.05, 0) is 33.1 Å². The molecule has 1 fully saturated rings. The van der Waals surface area contributed by atoms with Crippen molar-refractivity contribution in [3.05, 3.63) is 0 Å². The van der Waals surface area contributed by atoms with E-state index in [1.54, 1.807) is 0 Å². The monoisotopic (exact) mass is 228 g/mol. The number of likely N-dealkylation sites (tertiary alicyclic amines) is 1. The van der Waals surface area contributed by atoms with Gasteiger partial charge in [0.2, 0.25) is 0 Å². The largest absolute Gasteiger partial charge is 0.466 e. The fourth-order valence-electron chi connectivity index (χ4n) is 2.31. The van der Waals surface area contributed by atoms with Crippen molar-refractivity contribution in [2.24, 2.45) is 11.7 Å². The average molecular weight is 228 g/mol. The summed E-state index contributed by atoms with van der Waals surface area (Å²) >= 11 is 0. The summed E-state index contributed by atoms with van der Waals surface area (Å²) in [5.41, 5.74) is 6.01. The molecule has 4 nitrogen and oxygen atoms in total. The van der Waals surface area contributed by atoms with Gasteiger partial charge in [0, 0.05) is 31.6 Å². The third-order valence-electron chi connectivity index (χ3n) is 3.09. The molecule has 0 radical (unpaired) electrons. The number of hydrogen-bond donors (Lipinski definition) is 1. The van der Waals surface area contributed by atoms with Gasteiger partial charge in [0.1, 0.15) is 0 Å². The Bertz CT molecular complexity index is 231. The predicted molar refractivity (Wildman–Crippen MR) is 64.0 cm³/mol. The summed E-state index contributed by atoms with van der Waals surface area (Å²) in [7, 11) is 0. The molecule has 0 aromatic carbocycles. The smallest absolute Gasteiger partial charge is 0.306 e. The Morgan fingerprint density at radius 1 is 1.50 bits per heavy atom. The van der Waals surface area contributed by atoms with Crippen LogP contribution in [0, 0.1) is 5.92 Å². The van der Waals surface area contributed by atoms with Crippen LogP contribution < -0.4 is 5.73 Å². The van der Waals surface area contributed by atoms with E-state index in [1.807, 2.05) is 6.92 Å². The highest BCUT2D eigenvalue weighted by atomic mass is 16.5. The van der Waals surface area contributed by atoms with Crippen LogP contribution in [-0.4, -0.2) is 42.6 Å². The molecule has 1 aliphatic rings.